The summed E-state index contributed by atoms with van der Waals surface area (Å²) in [6, 6.07) is 2.91. The van der Waals surface area contributed by atoms with Gasteiger partial charge in [0.05, 0.1) is 12.3 Å². The molecule has 1 atom stereocenters. The van der Waals surface area contributed by atoms with Gasteiger partial charge in [-0.2, -0.15) is 0 Å². The Bertz CT molecular complexity index is 248. The predicted molar refractivity (Wildman–Crippen MR) is 49.0 cm³/mol. The number of anilines is 1. The lowest BCUT2D eigenvalue weighted by atomic mass is 10.3. The number of hydrogen-bond acceptors (Lipinski definition) is 3. The van der Waals surface area contributed by atoms with Crippen LogP contribution in [0.2, 0.25) is 0 Å². The fourth-order valence-electron chi connectivity index (χ4n) is 0.890. The predicted octanol–water partition coefficient (Wildman–Crippen LogP) is 1.40. The molecule has 0 radical (unpaired) electrons. The van der Waals surface area contributed by atoms with Gasteiger partial charge in [-0.05, 0) is 25.5 Å². The Morgan fingerprint density at radius 1 is 1.62 bits per heavy atom. The number of pyridine rings is 1. The zero-order chi connectivity index (χ0) is 9.68. The first-order valence-electron chi connectivity index (χ1n) is 4.22. The molecule has 0 aromatic carbocycles. The summed E-state index contributed by atoms with van der Waals surface area (Å²) in [5.74, 6) is 0.281. The average molecular weight is 184 g/mol. The van der Waals surface area contributed by atoms with Gasteiger partial charge in [0.1, 0.15) is 11.6 Å². The fourth-order valence-corrected chi connectivity index (χ4v) is 0.890. The van der Waals surface area contributed by atoms with Gasteiger partial charge in [-0.15, -0.1) is 0 Å². The standard InChI is InChI=1S/C9H13FN2O/c1-7(13)4-5-11-9-3-2-8(10)6-12-9/h2-3,6-7,13H,4-5H2,1H3,(H,11,12)/t7-/m1/s1. The lowest BCUT2D eigenvalue weighted by Crippen LogP contribution is -2.10. The van der Waals surface area contributed by atoms with E-state index in [9.17, 15) is 4.39 Å². The van der Waals surface area contributed by atoms with Gasteiger partial charge in [0, 0.05) is 6.54 Å². The molecule has 1 aromatic rings. The van der Waals surface area contributed by atoms with Gasteiger partial charge in [0.2, 0.25) is 0 Å². The van der Waals surface area contributed by atoms with Crippen molar-refractivity contribution in [1.29, 1.82) is 0 Å². The third-order valence-corrected chi connectivity index (χ3v) is 1.60. The van der Waals surface area contributed by atoms with E-state index >= 15 is 0 Å². The van der Waals surface area contributed by atoms with Gasteiger partial charge in [-0.3, -0.25) is 0 Å². The molecule has 1 aromatic heterocycles. The Kier molecular flexibility index (Phi) is 3.64. The molecule has 3 nitrogen and oxygen atoms in total. The van der Waals surface area contributed by atoms with Crippen molar-refractivity contribution in [2.75, 3.05) is 11.9 Å². The van der Waals surface area contributed by atoms with E-state index in [4.69, 9.17) is 5.11 Å². The Morgan fingerprint density at radius 2 is 2.38 bits per heavy atom. The molecule has 0 spiro atoms. The summed E-state index contributed by atoms with van der Waals surface area (Å²) in [6.45, 7) is 2.36. The number of hydrogen-bond donors (Lipinski definition) is 2. The van der Waals surface area contributed by atoms with Crippen LogP contribution in [0.1, 0.15) is 13.3 Å². The lowest BCUT2D eigenvalue weighted by molar-refractivity contribution is 0.188. The van der Waals surface area contributed by atoms with Crippen molar-refractivity contribution in [2.24, 2.45) is 0 Å². The maximum absolute atomic E-state index is 12.4. The second-order valence-corrected chi connectivity index (χ2v) is 2.93. The molecule has 0 amide bonds. The van der Waals surface area contributed by atoms with E-state index in [2.05, 4.69) is 10.3 Å². The highest BCUT2D eigenvalue weighted by Crippen LogP contribution is 2.03. The van der Waals surface area contributed by atoms with Gasteiger partial charge in [-0.25, -0.2) is 9.37 Å². The Hall–Kier alpha value is -1.16. The fraction of sp³-hybridized carbons (Fsp3) is 0.444. The van der Waals surface area contributed by atoms with Crippen LogP contribution in [0.25, 0.3) is 0 Å². The van der Waals surface area contributed by atoms with Crippen LogP contribution in [0.15, 0.2) is 18.3 Å². The second kappa shape index (κ2) is 4.77. The Morgan fingerprint density at radius 3 is 2.92 bits per heavy atom. The third-order valence-electron chi connectivity index (χ3n) is 1.60. The summed E-state index contributed by atoms with van der Waals surface area (Å²) in [6.07, 6.45) is 1.48. The number of aliphatic hydroxyl groups is 1. The second-order valence-electron chi connectivity index (χ2n) is 2.93. The number of aromatic nitrogens is 1. The average Bonchev–Trinajstić information content (AvgIpc) is 2.08. The highest BCUT2D eigenvalue weighted by atomic mass is 19.1. The van der Waals surface area contributed by atoms with Crippen molar-refractivity contribution in [3.05, 3.63) is 24.1 Å². The smallest absolute Gasteiger partial charge is 0.141 e. The van der Waals surface area contributed by atoms with E-state index in [-0.39, 0.29) is 11.9 Å². The van der Waals surface area contributed by atoms with E-state index in [0.717, 1.165) is 6.20 Å². The molecular formula is C9H13FN2O. The van der Waals surface area contributed by atoms with Gasteiger partial charge in [-0.1, -0.05) is 0 Å². The first-order chi connectivity index (χ1) is 6.18. The minimum absolute atomic E-state index is 0.326. The molecular weight excluding hydrogens is 171 g/mol. The van der Waals surface area contributed by atoms with Gasteiger partial charge in [0.15, 0.2) is 0 Å². The summed E-state index contributed by atoms with van der Waals surface area (Å²) in [4.78, 5) is 3.81. The van der Waals surface area contributed by atoms with Crippen molar-refractivity contribution < 1.29 is 9.50 Å². The van der Waals surface area contributed by atoms with E-state index in [1.54, 1.807) is 13.0 Å². The number of nitrogens with zero attached hydrogens (tertiary/aromatic N) is 1. The van der Waals surface area contributed by atoms with E-state index in [1.165, 1.54) is 6.07 Å². The normalized spacial score (nSPS) is 12.5. The van der Waals surface area contributed by atoms with Crippen LogP contribution in [-0.4, -0.2) is 22.7 Å². The lowest BCUT2D eigenvalue weighted by Gasteiger charge is -2.06. The van der Waals surface area contributed by atoms with Crippen LogP contribution in [-0.2, 0) is 0 Å². The molecule has 13 heavy (non-hydrogen) atoms. The van der Waals surface area contributed by atoms with Crippen molar-refractivity contribution in [1.82, 2.24) is 4.98 Å². The first-order valence-corrected chi connectivity index (χ1v) is 4.22. The molecule has 0 bridgehead atoms. The number of aliphatic hydroxyl groups excluding tert-OH is 1. The van der Waals surface area contributed by atoms with Crippen LogP contribution in [0.5, 0.6) is 0 Å². The maximum atomic E-state index is 12.4. The minimum Gasteiger partial charge on any atom is -0.393 e. The van der Waals surface area contributed by atoms with Gasteiger partial charge < -0.3 is 10.4 Å². The molecule has 2 N–H and O–H groups in total. The Balaban J connectivity index is 2.33. The third kappa shape index (κ3) is 3.85. The van der Waals surface area contributed by atoms with Crippen LogP contribution in [0.4, 0.5) is 10.2 Å². The summed E-state index contributed by atoms with van der Waals surface area (Å²) in [5.41, 5.74) is 0. The van der Waals surface area contributed by atoms with Crippen LogP contribution in [0.3, 0.4) is 0 Å². The van der Waals surface area contributed by atoms with Crippen LogP contribution in [0, 0.1) is 5.82 Å². The van der Waals surface area contributed by atoms with E-state index < -0.39 is 0 Å². The molecule has 1 heterocycles. The number of rotatable bonds is 4. The zero-order valence-electron chi connectivity index (χ0n) is 7.50. The van der Waals surface area contributed by atoms with Gasteiger partial charge >= 0.3 is 0 Å². The zero-order valence-corrected chi connectivity index (χ0v) is 7.50. The molecule has 1 rings (SSSR count). The van der Waals surface area contributed by atoms with Crippen molar-refractivity contribution in [3.8, 4) is 0 Å². The Labute approximate surface area is 76.6 Å². The molecule has 0 aliphatic heterocycles. The summed E-state index contributed by atoms with van der Waals surface area (Å²) < 4.78 is 12.4. The molecule has 0 saturated carbocycles. The van der Waals surface area contributed by atoms with Crippen molar-refractivity contribution in [2.45, 2.75) is 19.4 Å². The van der Waals surface area contributed by atoms with E-state index in [0.29, 0.717) is 18.8 Å². The number of nitrogens with one attached hydrogen (secondary N) is 1. The molecule has 72 valence electrons. The molecule has 0 fully saturated rings. The van der Waals surface area contributed by atoms with E-state index in [1.807, 2.05) is 0 Å². The quantitative estimate of drug-likeness (QED) is 0.743. The highest BCUT2D eigenvalue weighted by molar-refractivity contribution is 5.33. The summed E-state index contributed by atoms with van der Waals surface area (Å²) in [7, 11) is 0. The van der Waals surface area contributed by atoms with Crippen LogP contribution < -0.4 is 5.32 Å². The molecule has 0 aliphatic carbocycles. The molecule has 4 heteroatoms. The van der Waals surface area contributed by atoms with Crippen molar-refractivity contribution in [3.63, 3.8) is 0 Å². The molecule has 0 aliphatic rings. The SMILES string of the molecule is C[C@@H](O)CCNc1ccc(F)cn1. The first kappa shape index (κ1) is 9.92. The molecule has 0 saturated heterocycles. The molecule has 0 unspecified atom stereocenters. The monoisotopic (exact) mass is 184 g/mol. The van der Waals surface area contributed by atoms with Gasteiger partial charge in [0.25, 0.3) is 0 Å². The summed E-state index contributed by atoms with van der Waals surface area (Å²) in [5, 5.41) is 11.9. The summed E-state index contributed by atoms with van der Waals surface area (Å²) >= 11 is 0. The number of halogens is 1. The van der Waals surface area contributed by atoms with Crippen molar-refractivity contribution >= 4 is 5.82 Å². The highest BCUT2D eigenvalue weighted by Gasteiger charge is 1.96. The largest absolute Gasteiger partial charge is 0.393 e. The maximum Gasteiger partial charge on any atom is 0.141 e. The minimum atomic E-state index is -0.346. The topological polar surface area (TPSA) is 45.1 Å². The van der Waals surface area contributed by atoms with Crippen LogP contribution >= 0.6 is 0 Å².